The second-order valence-electron chi connectivity index (χ2n) is 7.02. The molecule has 31 heavy (non-hydrogen) atoms. The number of nitriles is 1. The molecule has 0 aromatic heterocycles. The van der Waals surface area contributed by atoms with Crippen molar-refractivity contribution in [2.75, 3.05) is 6.61 Å². The molecule has 0 fully saturated rings. The van der Waals surface area contributed by atoms with Crippen molar-refractivity contribution in [1.82, 2.24) is 0 Å². The monoisotopic (exact) mass is 428 g/mol. The van der Waals surface area contributed by atoms with Gasteiger partial charge in [-0.05, 0) is 30.9 Å². The van der Waals surface area contributed by atoms with Crippen LogP contribution in [0.4, 0.5) is 13.2 Å². The van der Waals surface area contributed by atoms with E-state index in [2.05, 4.69) is 6.07 Å². The lowest BCUT2D eigenvalue weighted by Crippen LogP contribution is -2.38. The van der Waals surface area contributed by atoms with Gasteiger partial charge in [0, 0.05) is 28.6 Å². The van der Waals surface area contributed by atoms with Crippen LogP contribution in [-0.4, -0.2) is 17.8 Å². The van der Waals surface area contributed by atoms with Crippen LogP contribution in [0.15, 0.2) is 36.4 Å². The Kier molecular flexibility index (Phi) is 5.15. The molecular weight excluding hydrogens is 413 g/mol. The fourth-order valence-corrected chi connectivity index (χ4v) is 3.97. The molecule has 0 saturated carbocycles. The Labute approximate surface area is 174 Å². The molecule has 0 spiro atoms. The maximum atomic E-state index is 14.5. The van der Waals surface area contributed by atoms with Crippen molar-refractivity contribution >= 4 is 10.8 Å². The van der Waals surface area contributed by atoms with Crippen LogP contribution in [0.25, 0.3) is 10.8 Å². The molecule has 0 bridgehead atoms. The molecule has 4 rings (SSSR count). The number of rotatable bonds is 4. The van der Waals surface area contributed by atoms with Crippen molar-refractivity contribution in [3.05, 3.63) is 80.7 Å². The molecule has 158 valence electrons. The summed E-state index contributed by atoms with van der Waals surface area (Å²) in [6.07, 6.45) is -1.81. The third-order valence-corrected chi connectivity index (χ3v) is 5.28. The first-order chi connectivity index (χ1) is 14.8. The largest absolute Gasteiger partial charge is 0.493 e. The smallest absolute Gasteiger partial charge is 0.361 e. The minimum Gasteiger partial charge on any atom is -0.493 e. The second-order valence-corrected chi connectivity index (χ2v) is 7.02. The van der Waals surface area contributed by atoms with E-state index in [1.165, 1.54) is 6.07 Å². The summed E-state index contributed by atoms with van der Waals surface area (Å²) in [5.74, 6) is -4.53. The zero-order valence-electron chi connectivity index (χ0n) is 16.2. The first kappa shape index (κ1) is 20.5. The van der Waals surface area contributed by atoms with Gasteiger partial charge < -0.3 is 9.47 Å². The molecule has 1 heterocycles. The molecule has 1 aliphatic rings. The number of hydrogen-bond donors (Lipinski definition) is 0. The summed E-state index contributed by atoms with van der Waals surface area (Å²) < 4.78 is 52.9. The summed E-state index contributed by atoms with van der Waals surface area (Å²) in [5.41, 5.74) is 0.461. The summed E-state index contributed by atoms with van der Waals surface area (Å²) in [4.78, 5) is 11.0. The number of nitro groups is 1. The number of nitrogens with zero attached hydrogens (tertiary/aromatic N) is 2. The highest BCUT2D eigenvalue weighted by molar-refractivity contribution is 5.97. The van der Waals surface area contributed by atoms with E-state index in [0.29, 0.717) is 39.8 Å². The Hall–Kier alpha value is -3.80. The molecule has 0 radical (unpaired) electrons. The van der Waals surface area contributed by atoms with E-state index in [-0.39, 0.29) is 24.3 Å². The SMILES string of the molecule is CCOc1cc2c(c3cccc(C#N)c13)CC(c1cc(F)c(F)cc1F)C([N+](=O)[O-])O2. The molecule has 0 saturated heterocycles. The number of halogens is 3. The summed E-state index contributed by atoms with van der Waals surface area (Å²) in [6, 6.07) is 9.49. The van der Waals surface area contributed by atoms with Crippen LogP contribution in [0.5, 0.6) is 11.5 Å². The summed E-state index contributed by atoms with van der Waals surface area (Å²) in [5, 5.41) is 22.3. The molecule has 0 aliphatic carbocycles. The average Bonchev–Trinajstić information content (AvgIpc) is 2.75. The molecule has 1 aliphatic heterocycles. The van der Waals surface area contributed by atoms with Crippen molar-refractivity contribution in [3.8, 4) is 17.6 Å². The van der Waals surface area contributed by atoms with Crippen molar-refractivity contribution in [2.45, 2.75) is 25.5 Å². The number of ether oxygens (including phenoxy) is 2. The van der Waals surface area contributed by atoms with Crippen molar-refractivity contribution in [2.24, 2.45) is 0 Å². The van der Waals surface area contributed by atoms with Crippen LogP contribution >= 0.6 is 0 Å². The third kappa shape index (κ3) is 3.40. The van der Waals surface area contributed by atoms with Crippen LogP contribution in [0, 0.1) is 38.9 Å². The standard InChI is InChI=1S/C22H15F3N2O4/c1-2-30-20-9-19-14(12-5-3-4-11(10-26)21(12)20)6-15(22(31-19)27(28)29)13-7-17(24)18(25)8-16(13)23/h3-5,7-9,15,22H,2,6H2,1H3. The first-order valence-electron chi connectivity index (χ1n) is 9.41. The fourth-order valence-electron chi connectivity index (χ4n) is 3.97. The van der Waals surface area contributed by atoms with Gasteiger partial charge in [-0.2, -0.15) is 5.26 Å². The van der Waals surface area contributed by atoms with Gasteiger partial charge in [-0.3, -0.25) is 10.1 Å². The third-order valence-electron chi connectivity index (χ3n) is 5.28. The average molecular weight is 428 g/mol. The Morgan fingerprint density at radius 1 is 1.23 bits per heavy atom. The van der Waals surface area contributed by atoms with Crippen molar-refractivity contribution < 1.29 is 27.6 Å². The maximum absolute atomic E-state index is 14.5. The zero-order valence-corrected chi connectivity index (χ0v) is 16.2. The van der Waals surface area contributed by atoms with Crippen LogP contribution in [-0.2, 0) is 6.42 Å². The molecule has 3 aromatic carbocycles. The normalized spacial score (nSPS) is 17.5. The van der Waals surface area contributed by atoms with Gasteiger partial charge in [0.15, 0.2) is 11.6 Å². The van der Waals surface area contributed by atoms with Crippen LogP contribution in [0.2, 0.25) is 0 Å². The van der Waals surface area contributed by atoms with Gasteiger partial charge in [-0.1, -0.05) is 12.1 Å². The molecule has 0 amide bonds. The zero-order chi connectivity index (χ0) is 22.3. The van der Waals surface area contributed by atoms with E-state index in [9.17, 15) is 28.5 Å². The van der Waals surface area contributed by atoms with E-state index in [0.717, 1.165) is 0 Å². The van der Waals surface area contributed by atoms with Gasteiger partial charge in [0.25, 0.3) is 0 Å². The van der Waals surface area contributed by atoms with Gasteiger partial charge in [-0.15, -0.1) is 0 Å². The highest BCUT2D eigenvalue weighted by Gasteiger charge is 2.42. The van der Waals surface area contributed by atoms with Gasteiger partial charge in [-0.25, -0.2) is 13.2 Å². The van der Waals surface area contributed by atoms with E-state index >= 15 is 0 Å². The minimum absolute atomic E-state index is 0.0826. The highest BCUT2D eigenvalue weighted by Crippen LogP contribution is 2.45. The van der Waals surface area contributed by atoms with Gasteiger partial charge in [0.2, 0.25) is 0 Å². The molecule has 0 N–H and O–H groups in total. The van der Waals surface area contributed by atoms with E-state index in [4.69, 9.17) is 9.47 Å². The minimum atomic E-state index is -1.72. The van der Waals surface area contributed by atoms with Crippen LogP contribution < -0.4 is 9.47 Å². The van der Waals surface area contributed by atoms with Gasteiger partial charge >= 0.3 is 6.23 Å². The predicted octanol–water partition coefficient (Wildman–Crippen LogP) is 4.85. The second kappa shape index (κ2) is 7.80. The highest BCUT2D eigenvalue weighted by atomic mass is 19.2. The summed E-state index contributed by atoms with van der Waals surface area (Å²) in [7, 11) is 0. The lowest BCUT2D eigenvalue weighted by Gasteiger charge is -2.30. The molecule has 6 nitrogen and oxygen atoms in total. The van der Waals surface area contributed by atoms with E-state index in [1.54, 1.807) is 25.1 Å². The Balaban J connectivity index is 1.95. The van der Waals surface area contributed by atoms with E-state index in [1.807, 2.05) is 0 Å². The Morgan fingerprint density at radius 3 is 2.65 bits per heavy atom. The lowest BCUT2D eigenvalue weighted by molar-refractivity contribution is -0.568. The quantitative estimate of drug-likeness (QED) is 0.337. The van der Waals surface area contributed by atoms with Gasteiger partial charge in [0.05, 0.1) is 29.1 Å². The Bertz CT molecular complexity index is 1260. The molecule has 9 heteroatoms. The first-order valence-corrected chi connectivity index (χ1v) is 9.41. The van der Waals surface area contributed by atoms with Crippen LogP contribution in [0.1, 0.15) is 29.5 Å². The topological polar surface area (TPSA) is 85.4 Å². The van der Waals surface area contributed by atoms with Gasteiger partial charge in [0.1, 0.15) is 17.3 Å². The maximum Gasteiger partial charge on any atom is 0.361 e. The molecule has 2 atom stereocenters. The van der Waals surface area contributed by atoms with Crippen molar-refractivity contribution in [1.29, 1.82) is 5.26 Å². The molecular formula is C22H15F3N2O4. The Morgan fingerprint density at radius 2 is 1.97 bits per heavy atom. The molecule has 2 unspecified atom stereocenters. The number of hydrogen-bond acceptors (Lipinski definition) is 5. The molecule has 3 aromatic rings. The summed E-state index contributed by atoms with van der Waals surface area (Å²) in [6.45, 7) is 2.04. The summed E-state index contributed by atoms with van der Waals surface area (Å²) >= 11 is 0. The number of benzene rings is 3. The fraction of sp³-hybridized carbons (Fsp3) is 0.227. The lowest BCUT2D eigenvalue weighted by atomic mass is 9.85. The predicted molar refractivity (Wildman–Crippen MR) is 104 cm³/mol. The van der Waals surface area contributed by atoms with Crippen LogP contribution in [0.3, 0.4) is 0 Å². The van der Waals surface area contributed by atoms with Crippen molar-refractivity contribution in [3.63, 3.8) is 0 Å². The number of fused-ring (bicyclic) bond motifs is 3. The van der Waals surface area contributed by atoms with E-state index < -0.39 is 34.5 Å².